The van der Waals surface area contributed by atoms with E-state index in [9.17, 15) is 0 Å². The largest absolute Gasteiger partial charge is 0.303 e. The van der Waals surface area contributed by atoms with E-state index in [0.717, 1.165) is 6.54 Å². The molecule has 2 heteroatoms. The molecule has 0 radical (unpaired) electrons. The lowest BCUT2D eigenvalue weighted by Crippen LogP contribution is -2.12. The minimum atomic E-state index is 0.500. The van der Waals surface area contributed by atoms with Crippen LogP contribution in [0.15, 0.2) is 35.2 Å². The lowest BCUT2D eigenvalue weighted by atomic mass is 10.0. The Bertz CT molecular complexity index is 430. The van der Waals surface area contributed by atoms with Gasteiger partial charge in [0.2, 0.25) is 0 Å². The summed E-state index contributed by atoms with van der Waals surface area (Å²) in [4.78, 5) is 1.30. The molecule has 0 unspecified atom stereocenters. The van der Waals surface area contributed by atoms with Crippen LogP contribution in [0.2, 0.25) is 0 Å². The van der Waals surface area contributed by atoms with Crippen molar-refractivity contribution >= 4 is 17.8 Å². The highest BCUT2D eigenvalue weighted by molar-refractivity contribution is 7.98. The molecular formula is C20H33NS. The fourth-order valence-electron chi connectivity index (χ4n) is 1.22. The average molecular weight is 320 g/mol. The van der Waals surface area contributed by atoms with Crippen molar-refractivity contribution in [1.82, 2.24) is 5.32 Å². The zero-order valence-electron chi connectivity index (χ0n) is 15.4. The Kier molecular flexibility index (Phi) is 15.5. The monoisotopic (exact) mass is 319 g/mol. The summed E-state index contributed by atoms with van der Waals surface area (Å²) in [6, 6.07) is 8.34. The van der Waals surface area contributed by atoms with Crippen molar-refractivity contribution in [2.24, 2.45) is 5.41 Å². The Morgan fingerprint density at radius 1 is 1.18 bits per heavy atom. The second-order valence-electron chi connectivity index (χ2n) is 5.98. The Morgan fingerprint density at radius 2 is 1.73 bits per heavy atom. The molecule has 22 heavy (non-hydrogen) atoms. The smallest absolute Gasteiger partial charge is 0.0576 e. The van der Waals surface area contributed by atoms with Crippen molar-refractivity contribution in [3.8, 4) is 12.3 Å². The van der Waals surface area contributed by atoms with Gasteiger partial charge in [-0.2, -0.15) is 0 Å². The molecule has 0 heterocycles. The SMILES string of the molecule is C#CCNC/C=C/c1ccccc1SC.CC.CC(C)(C)C. The van der Waals surface area contributed by atoms with Gasteiger partial charge in [0.05, 0.1) is 6.54 Å². The summed E-state index contributed by atoms with van der Waals surface area (Å²) in [5.74, 6) is 2.54. The molecule has 1 N–H and O–H groups in total. The Morgan fingerprint density at radius 3 is 2.23 bits per heavy atom. The molecule has 0 bridgehead atoms. The Balaban J connectivity index is 0. The van der Waals surface area contributed by atoms with E-state index in [1.165, 1.54) is 10.5 Å². The molecule has 0 atom stereocenters. The van der Waals surface area contributed by atoms with E-state index < -0.39 is 0 Å². The van der Waals surface area contributed by atoms with Crippen LogP contribution in [0.3, 0.4) is 0 Å². The topological polar surface area (TPSA) is 12.0 Å². The number of thioether (sulfide) groups is 1. The van der Waals surface area contributed by atoms with Gasteiger partial charge in [0.25, 0.3) is 0 Å². The molecule has 1 rings (SSSR count). The number of rotatable bonds is 5. The second-order valence-corrected chi connectivity index (χ2v) is 6.83. The molecule has 0 spiro atoms. The zero-order chi connectivity index (χ0) is 17.4. The highest BCUT2D eigenvalue weighted by Crippen LogP contribution is 2.20. The molecule has 1 aromatic rings. The highest BCUT2D eigenvalue weighted by atomic mass is 32.2. The van der Waals surface area contributed by atoms with Crippen LogP contribution in [-0.2, 0) is 0 Å². The average Bonchev–Trinajstić information content (AvgIpc) is 2.48. The number of nitrogens with one attached hydrogen (secondary N) is 1. The van der Waals surface area contributed by atoms with Crippen LogP contribution < -0.4 is 5.32 Å². The molecule has 0 saturated heterocycles. The van der Waals surface area contributed by atoms with Gasteiger partial charge < -0.3 is 5.32 Å². The number of hydrogen-bond donors (Lipinski definition) is 1. The van der Waals surface area contributed by atoms with Gasteiger partial charge >= 0.3 is 0 Å². The van der Waals surface area contributed by atoms with Crippen LogP contribution in [0.4, 0.5) is 0 Å². The molecule has 0 fully saturated rings. The fourth-order valence-corrected chi connectivity index (χ4v) is 1.80. The second kappa shape index (κ2) is 14.8. The van der Waals surface area contributed by atoms with Crippen molar-refractivity contribution in [3.05, 3.63) is 35.9 Å². The summed E-state index contributed by atoms with van der Waals surface area (Å²) in [6.07, 6.45) is 11.4. The van der Waals surface area contributed by atoms with Crippen molar-refractivity contribution in [3.63, 3.8) is 0 Å². The lowest BCUT2D eigenvalue weighted by Gasteiger charge is -2.05. The van der Waals surface area contributed by atoms with Gasteiger partial charge in [-0.25, -0.2) is 0 Å². The third kappa shape index (κ3) is 16.9. The standard InChI is InChI=1S/C13H15NS.C5H12.C2H6/c1-3-10-14-11-6-8-12-7-4-5-9-13(12)15-2;1-5(2,3)4;1-2/h1,4-9,14H,10-11H2,2H3;1-4H3;1-2H3/b8-6+;;. The first kappa shape index (κ1) is 23.1. The molecule has 1 aromatic carbocycles. The number of benzene rings is 1. The van der Waals surface area contributed by atoms with Gasteiger partial charge in [-0.05, 0) is 23.3 Å². The van der Waals surface area contributed by atoms with E-state index in [4.69, 9.17) is 6.42 Å². The summed E-state index contributed by atoms with van der Waals surface area (Å²) >= 11 is 1.76. The summed E-state index contributed by atoms with van der Waals surface area (Å²) in [5.41, 5.74) is 1.76. The van der Waals surface area contributed by atoms with E-state index in [0.29, 0.717) is 12.0 Å². The molecule has 0 aliphatic heterocycles. The van der Waals surface area contributed by atoms with Crippen LogP contribution in [0, 0.1) is 17.8 Å². The summed E-state index contributed by atoms with van der Waals surface area (Å²) in [5, 5.41) is 3.11. The van der Waals surface area contributed by atoms with Crippen LogP contribution >= 0.6 is 11.8 Å². The molecule has 124 valence electrons. The maximum Gasteiger partial charge on any atom is 0.0576 e. The Hall–Kier alpha value is -1.17. The minimum absolute atomic E-state index is 0.500. The van der Waals surface area contributed by atoms with Gasteiger partial charge in [-0.1, -0.05) is 77.8 Å². The third-order valence-corrected chi connectivity index (χ3v) is 2.74. The van der Waals surface area contributed by atoms with Crippen LogP contribution in [0.1, 0.15) is 47.1 Å². The van der Waals surface area contributed by atoms with Gasteiger partial charge in [0, 0.05) is 11.4 Å². The van der Waals surface area contributed by atoms with Crippen molar-refractivity contribution in [1.29, 1.82) is 0 Å². The maximum absolute atomic E-state index is 5.13. The molecule has 0 saturated carbocycles. The van der Waals surface area contributed by atoms with E-state index in [-0.39, 0.29) is 0 Å². The quantitative estimate of drug-likeness (QED) is 0.423. The van der Waals surface area contributed by atoms with E-state index in [2.05, 4.69) is 75.5 Å². The highest BCUT2D eigenvalue weighted by Gasteiger charge is 1.95. The van der Waals surface area contributed by atoms with Gasteiger partial charge in [0.15, 0.2) is 0 Å². The maximum atomic E-state index is 5.13. The minimum Gasteiger partial charge on any atom is -0.303 e. The molecule has 0 amide bonds. The van der Waals surface area contributed by atoms with Gasteiger partial charge in [-0.15, -0.1) is 18.2 Å². The van der Waals surface area contributed by atoms with E-state index in [1.54, 1.807) is 11.8 Å². The predicted molar refractivity (Wildman–Crippen MR) is 105 cm³/mol. The van der Waals surface area contributed by atoms with Crippen LogP contribution in [0.25, 0.3) is 6.08 Å². The summed E-state index contributed by atoms with van der Waals surface area (Å²) in [7, 11) is 0. The molecule has 0 aliphatic carbocycles. The van der Waals surface area contributed by atoms with Crippen LogP contribution in [0.5, 0.6) is 0 Å². The Labute approximate surface area is 143 Å². The van der Waals surface area contributed by atoms with E-state index in [1.807, 2.05) is 19.9 Å². The van der Waals surface area contributed by atoms with Gasteiger partial charge in [0.1, 0.15) is 0 Å². The normalized spacial score (nSPS) is 10.1. The van der Waals surface area contributed by atoms with Crippen molar-refractivity contribution < 1.29 is 0 Å². The number of hydrogen-bond acceptors (Lipinski definition) is 2. The fraction of sp³-hybridized carbons (Fsp3) is 0.500. The number of terminal acetylenes is 1. The first-order valence-electron chi connectivity index (χ1n) is 7.82. The summed E-state index contributed by atoms with van der Waals surface area (Å²) < 4.78 is 0. The molecule has 0 aliphatic rings. The molecule has 1 nitrogen and oxygen atoms in total. The third-order valence-electron chi connectivity index (χ3n) is 1.93. The van der Waals surface area contributed by atoms with E-state index >= 15 is 0 Å². The zero-order valence-corrected chi connectivity index (χ0v) is 16.2. The summed E-state index contributed by atoms with van der Waals surface area (Å²) in [6.45, 7) is 14.2. The molecule has 0 aromatic heterocycles. The van der Waals surface area contributed by atoms with Crippen LogP contribution in [-0.4, -0.2) is 19.3 Å². The first-order valence-corrected chi connectivity index (χ1v) is 9.04. The van der Waals surface area contributed by atoms with Crippen molar-refractivity contribution in [2.45, 2.75) is 46.4 Å². The molecular weight excluding hydrogens is 286 g/mol. The predicted octanol–water partition coefficient (Wildman–Crippen LogP) is 5.72. The van der Waals surface area contributed by atoms with Gasteiger partial charge in [-0.3, -0.25) is 0 Å². The lowest BCUT2D eigenvalue weighted by molar-refractivity contribution is 0.469. The first-order chi connectivity index (χ1) is 10.4. The van der Waals surface area contributed by atoms with Crippen molar-refractivity contribution in [2.75, 3.05) is 19.3 Å².